The lowest BCUT2D eigenvalue weighted by Gasteiger charge is -2.45. The van der Waals surface area contributed by atoms with E-state index in [9.17, 15) is 4.39 Å². The highest BCUT2D eigenvalue weighted by Gasteiger charge is 2.36. The Kier molecular flexibility index (Phi) is 3.01. The molecule has 1 aromatic heterocycles. The molecule has 3 saturated heterocycles. The van der Waals surface area contributed by atoms with E-state index in [-0.39, 0.29) is 5.82 Å². The van der Waals surface area contributed by atoms with Gasteiger partial charge in [0.15, 0.2) is 4.77 Å². The second-order valence-corrected chi connectivity index (χ2v) is 7.03. The summed E-state index contributed by atoms with van der Waals surface area (Å²) in [5, 5.41) is 0. The van der Waals surface area contributed by atoms with E-state index in [1.807, 2.05) is 6.07 Å². The fraction of sp³-hybridized carbons (Fsp3) is 0.500. The average Bonchev–Trinajstić information content (AvgIpc) is 2.76. The third-order valence-electron chi connectivity index (χ3n) is 4.71. The normalized spacial score (nSPS) is 29.2. The first-order chi connectivity index (χ1) is 9.63. The summed E-state index contributed by atoms with van der Waals surface area (Å²) in [4.78, 5) is 5.65. The molecular formula is C14H15BrFN3S. The Morgan fingerprint density at radius 3 is 2.70 bits per heavy atom. The van der Waals surface area contributed by atoms with Gasteiger partial charge in [0, 0.05) is 12.6 Å². The van der Waals surface area contributed by atoms with Crippen LogP contribution in [0.4, 0.5) is 4.39 Å². The summed E-state index contributed by atoms with van der Waals surface area (Å²) in [7, 11) is 0. The van der Waals surface area contributed by atoms with Gasteiger partial charge >= 0.3 is 0 Å². The van der Waals surface area contributed by atoms with E-state index < -0.39 is 0 Å². The molecule has 5 rings (SSSR count). The third-order valence-corrected chi connectivity index (χ3v) is 5.62. The summed E-state index contributed by atoms with van der Waals surface area (Å²) in [6.07, 6.45) is 2.48. The zero-order chi connectivity index (χ0) is 13.9. The van der Waals surface area contributed by atoms with Crippen LogP contribution in [-0.4, -0.2) is 34.1 Å². The maximum atomic E-state index is 13.7. The summed E-state index contributed by atoms with van der Waals surface area (Å²) in [5.74, 6) is 0.435. The number of fused-ring (bicyclic) bond motifs is 4. The van der Waals surface area contributed by atoms with Crippen LogP contribution < -0.4 is 0 Å². The number of benzene rings is 1. The molecule has 106 valence electrons. The van der Waals surface area contributed by atoms with Gasteiger partial charge in [-0.25, -0.2) is 4.39 Å². The Balaban J connectivity index is 1.89. The standard InChI is InChI=1S/C14H15BrFN3S/c15-9-5-12-11(6-10(9)16)17-14(20)19(12)13-7-18-3-1-8(13)2-4-18/h5-6,8,13H,1-4,7H2,(H,17,20). The van der Waals surface area contributed by atoms with Crippen molar-refractivity contribution < 1.29 is 4.39 Å². The summed E-state index contributed by atoms with van der Waals surface area (Å²) < 4.78 is 17.1. The number of piperidine rings is 3. The SMILES string of the molecule is Fc1cc2[nH]c(=S)n(C3CN4CCC3CC4)c2cc1Br. The van der Waals surface area contributed by atoms with Crippen LogP contribution in [0.3, 0.4) is 0 Å². The summed E-state index contributed by atoms with van der Waals surface area (Å²) in [6.45, 7) is 3.46. The van der Waals surface area contributed by atoms with E-state index in [0.717, 1.165) is 17.6 Å². The van der Waals surface area contributed by atoms with E-state index in [2.05, 4.69) is 30.4 Å². The smallest absolute Gasteiger partial charge is 0.178 e. The van der Waals surface area contributed by atoms with E-state index in [1.54, 1.807) is 0 Å². The van der Waals surface area contributed by atoms with Gasteiger partial charge in [-0.2, -0.15) is 0 Å². The van der Waals surface area contributed by atoms with Crippen LogP contribution in [0.5, 0.6) is 0 Å². The highest BCUT2D eigenvalue weighted by atomic mass is 79.9. The number of halogens is 2. The van der Waals surface area contributed by atoms with Crippen molar-refractivity contribution in [3.63, 3.8) is 0 Å². The molecule has 3 fully saturated rings. The Bertz CT molecular complexity index is 730. The molecule has 20 heavy (non-hydrogen) atoms. The van der Waals surface area contributed by atoms with E-state index in [1.165, 1.54) is 32.0 Å². The number of hydrogen-bond donors (Lipinski definition) is 1. The Labute approximate surface area is 129 Å². The van der Waals surface area contributed by atoms with Gasteiger partial charge in [-0.15, -0.1) is 0 Å². The Morgan fingerprint density at radius 2 is 2.05 bits per heavy atom. The van der Waals surface area contributed by atoms with Crippen LogP contribution in [-0.2, 0) is 0 Å². The minimum atomic E-state index is -0.255. The molecule has 1 aromatic carbocycles. The zero-order valence-electron chi connectivity index (χ0n) is 10.9. The maximum absolute atomic E-state index is 13.7. The second kappa shape index (κ2) is 4.64. The van der Waals surface area contributed by atoms with Gasteiger partial charge in [0.25, 0.3) is 0 Å². The molecule has 3 nitrogen and oxygen atoms in total. The van der Waals surface area contributed by atoms with E-state index in [0.29, 0.717) is 21.2 Å². The van der Waals surface area contributed by atoms with E-state index >= 15 is 0 Å². The Hall–Kier alpha value is -0.720. The van der Waals surface area contributed by atoms with Gasteiger partial charge in [0.1, 0.15) is 5.82 Å². The average molecular weight is 356 g/mol. The van der Waals surface area contributed by atoms with Gasteiger partial charge in [-0.3, -0.25) is 0 Å². The molecule has 1 unspecified atom stereocenters. The Morgan fingerprint density at radius 1 is 1.30 bits per heavy atom. The molecule has 1 atom stereocenters. The van der Waals surface area contributed by atoms with Gasteiger partial charge in [-0.05, 0) is 66.1 Å². The van der Waals surface area contributed by atoms with Crippen LogP contribution in [0.15, 0.2) is 16.6 Å². The highest BCUT2D eigenvalue weighted by molar-refractivity contribution is 9.10. The largest absolute Gasteiger partial charge is 0.330 e. The summed E-state index contributed by atoms with van der Waals surface area (Å²) in [6, 6.07) is 3.78. The lowest BCUT2D eigenvalue weighted by molar-refractivity contribution is 0.0582. The van der Waals surface area contributed by atoms with Crippen molar-refractivity contribution >= 4 is 39.2 Å². The van der Waals surface area contributed by atoms with Crippen molar-refractivity contribution in [3.05, 3.63) is 27.2 Å². The number of imidazole rings is 1. The molecule has 3 aliphatic heterocycles. The third kappa shape index (κ3) is 1.89. The van der Waals surface area contributed by atoms with Gasteiger partial charge in [0.2, 0.25) is 0 Å². The van der Waals surface area contributed by atoms with Crippen molar-refractivity contribution in [2.45, 2.75) is 18.9 Å². The molecule has 0 spiro atoms. The quantitative estimate of drug-likeness (QED) is 0.785. The van der Waals surface area contributed by atoms with E-state index in [4.69, 9.17) is 12.2 Å². The number of nitrogens with zero attached hydrogens (tertiary/aromatic N) is 2. The molecule has 6 heteroatoms. The van der Waals surface area contributed by atoms with Gasteiger partial charge in [-0.1, -0.05) is 0 Å². The topological polar surface area (TPSA) is 24.0 Å². The number of aromatic nitrogens is 2. The number of nitrogens with one attached hydrogen (secondary N) is 1. The summed E-state index contributed by atoms with van der Waals surface area (Å²) in [5.41, 5.74) is 1.79. The predicted octanol–water partition coefficient (Wildman–Crippen LogP) is 3.87. The van der Waals surface area contributed by atoms with Crippen LogP contribution in [0, 0.1) is 16.5 Å². The number of hydrogen-bond acceptors (Lipinski definition) is 2. The molecular weight excluding hydrogens is 341 g/mol. The molecule has 2 aromatic rings. The number of rotatable bonds is 1. The lowest BCUT2D eigenvalue weighted by Crippen LogP contribution is -2.48. The first-order valence-corrected chi connectivity index (χ1v) is 8.15. The van der Waals surface area contributed by atoms with Crippen molar-refractivity contribution in [2.75, 3.05) is 19.6 Å². The fourth-order valence-electron chi connectivity index (χ4n) is 3.68. The van der Waals surface area contributed by atoms with Crippen molar-refractivity contribution in [3.8, 4) is 0 Å². The molecule has 2 bridgehead atoms. The predicted molar refractivity (Wildman–Crippen MR) is 83.0 cm³/mol. The molecule has 3 aliphatic rings. The van der Waals surface area contributed by atoms with Gasteiger partial charge < -0.3 is 14.5 Å². The van der Waals surface area contributed by atoms with Crippen LogP contribution in [0.25, 0.3) is 11.0 Å². The summed E-state index contributed by atoms with van der Waals surface area (Å²) >= 11 is 8.77. The zero-order valence-corrected chi connectivity index (χ0v) is 13.3. The monoisotopic (exact) mass is 355 g/mol. The highest BCUT2D eigenvalue weighted by Crippen LogP contribution is 2.38. The fourth-order valence-corrected chi connectivity index (χ4v) is 4.35. The van der Waals surface area contributed by atoms with Gasteiger partial charge in [0.05, 0.1) is 21.5 Å². The molecule has 0 saturated carbocycles. The molecule has 1 N–H and O–H groups in total. The number of aromatic amines is 1. The number of H-pyrrole nitrogens is 1. The lowest BCUT2D eigenvalue weighted by atomic mass is 9.84. The molecule has 0 aliphatic carbocycles. The second-order valence-electron chi connectivity index (χ2n) is 5.79. The minimum Gasteiger partial charge on any atom is -0.330 e. The van der Waals surface area contributed by atoms with Crippen molar-refractivity contribution in [2.24, 2.45) is 5.92 Å². The molecule has 0 amide bonds. The first kappa shape index (κ1) is 13.0. The molecule has 4 heterocycles. The van der Waals surface area contributed by atoms with Crippen molar-refractivity contribution in [1.82, 2.24) is 14.5 Å². The van der Waals surface area contributed by atoms with Crippen molar-refractivity contribution in [1.29, 1.82) is 0 Å². The maximum Gasteiger partial charge on any atom is 0.178 e. The van der Waals surface area contributed by atoms with Crippen LogP contribution in [0.2, 0.25) is 0 Å². The minimum absolute atomic E-state index is 0.255. The van der Waals surface area contributed by atoms with Crippen LogP contribution in [0.1, 0.15) is 18.9 Å². The molecule has 0 radical (unpaired) electrons. The van der Waals surface area contributed by atoms with Crippen LogP contribution >= 0.6 is 28.1 Å². The first-order valence-electron chi connectivity index (χ1n) is 6.95.